The van der Waals surface area contributed by atoms with Crippen molar-refractivity contribution in [2.24, 2.45) is 0 Å². The molecule has 0 radical (unpaired) electrons. The van der Waals surface area contributed by atoms with Crippen molar-refractivity contribution in [1.82, 2.24) is 4.90 Å². The molecule has 0 heterocycles. The van der Waals surface area contributed by atoms with Crippen LogP contribution in [0, 0.1) is 10.1 Å². The fraction of sp³-hybridized carbons (Fsp3) is 0.467. The quantitative estimate of drug-likeness (QED) is 0.463. The molecule has 0 bridgehead atoms. The van der Waals surface area contributed by atoms with Crippen LogP contribution in [-0.2, 0) is 16.0 Å². The van der Waals surface area contributed by atoms with Gasteiger partial charge in [-0.25, -0.2) is 9.59 Å². The summed E-state index contributed by atoms with van der Waals surface area (Å²) in [6, 6.07) is 2.85. The molecule has 1 N–H and O–H groups in total. The summed E-state index contributed by atoms with van der Waals surface area (Å²) in [6.07, 6.45) is -0.914. The van der Waals surface area contributed by atoms with Gasteiger partial charge < -0.3 is 14.4 Å². The van der Waals surface area contributed by atoms with E-state index in [2.05, 4.69) is 0 Å². The molecular weight excluding hydrogens is 351 g/mol. The number of carboxylic acids is 1. The molecule has 0 saturated heterocycles. The number of hydrogen-bond acceptors (Lipinski definition) is 6. The predicted octanol–water partition coefficient (Wildman–Crippen LogP) is 2.63. The van der Waals surface area contributed by atoms with Crippen LogP contribution in [0.2, 0.25) is 0 Å². The first-order valence-electron chi connectivity index (χ1n) is 7.29. The zero-order chi connectivity index (χ0) is 19.4. The Morgan fingerprint density at radius 1 is 1.40 bits per heavy atom. The molecule has 0 fully saturated rings. The molecule has 25 heavy (non-hydrogen) atoms. The molecule has 0 aliphatic rings. The summed E-state index contributed by atoms with van der Waals surface area (Å²) in [5, 5.41) is 20.5. The van der Waals surface area contributed by atoms with E-state index in [1.807, 2.05) is 9.47 Å². The Morgan fingerprint density at radius 3 is 2.44 bits per heavy atom. The number of benzene rings is 1. The second-order valence-electron chi connectivity index (χ2n) is 6.33. The Balaban J connectivity index is 3.06. The molecule has 1 amide bonds. The predicted molar refractivity (Wildman–Crippen MR) is 92.6 cm³/mol. The first kappa shape index (κ1) is 20.6. The number of nitro groups is 1. The van der Waals surface area contributed by atoms with Crippen molar-refractivity contribution in [3.05, 3.63) is 33.9 Å². The number of amides is 1. The van der Waals surface area contributed by atoms with E-state index in [1.54, 1.807) is 20.8 Å². The molecule has 0 saturated carbocycles. The van der Waals surface area contributed by atoms with E-state index in [1.165, 1.54) is 25.2 Å². The van der Waals surface area contributed by atoms with Crippen molar-refractivity contribution in [2.75, 3.05) is 7.05 Å². The molecule has 0 spiro atoms. The van der Waals surface area contributed by atoms with E-state index in [-0.39, 0.29) is 17.9 Å². The van der Waals surface area contributed by atoms with Gasteiger partial charge in [0.1, 0.15) is 11.6 Å². The number of rotatable bonds is 6. The summed E-state index contributed by atoms with van der Waals surface area (Å²) >= 11 is 0. The highest BCUT2D eigenvalue weighted by molar-refractivity contribution is 7.10. The van der Waals surface area contributed by atoms with Crippen LogP contribution in [0.25, 0.3) is 0 Å². The highest BCUT2D eigenvalue weighted by Gasteiger charge is 2.31. The molecular formula is C15H21N2O7P. The van der Waals surface area contributed by atoms with Crippen LogP contribution < -0.4 is 4.52 Å². The van der Waals surface area contributed by atoms with E-state index in [4.69, 9.17) is 9.26 Å². The largest absolute Gasteiger partial charge is 0.480 e. The lowest BCUT2D eigenvalue weighted by Gasteiger charge is -2.28. The summed E-state index contributed by atoms with van der Waals surface area (Å²) in [5.41, 5.74) is -0.692. The van der Waals surface area contributed by atoms with E-state index < -0.39 is 28.6 Å². The molecule has 1 rings (SSSR count). The van der Waals surface area contributed by atoms with Gasteiger partial charge in [-0.15, -0.1) is 0 Å². The fourth-order valence-corrected chi connectivity index (χ4v) is 2.21. The molecule has 1 unspecified atom stereocenters. The molecule has 0 aliphatic heterocycles. The Labute approximate surface area is 147 Å². The van der Waals surface area contributed by atoms with Gasteiger partial charge in [0.25, 0.3) is 0 Å². The molecule has 1 aromatic carbocycles. The van der Waals surface area contributed by atoms with Crippen LogP contribution in [0.5, 0.6) is 5.75 Å². The van der Waals surface area contributed by atoms with Crippen molar-refractivity contribution < 1.29 is 28.9 Å². The normalized spacial score (nSPS) is 12.2. The van der Waals surface area contributed by atoms with Gasteiger partial charge in [0.2, 0.25) is 0 Å². The van der Waals surface area contributed by atoms with Crippen molar-refractivity contribution in [3.8, 4) is 5.75 Å². The van der Waals surface area contributed by atoms with Crippen molar-refractivity contribution >= 4 is 27.2 Å². The summed E-state index contributed by atoms with van der Waals surface area (Å²) in [7, 11) is 3.22. The van der Waals surface area contributed by atoms with Gasteiger partial charge >= 0.3 is 17.7 Å². The van der Waals surface area contributed by atoms with Crippen LogP contribution in [0.4, 0.5) is 10.5 Å². The standard InChI is InChI=1S/C15H21N2O7P/c1-15(2,3)23-14(20)16(4)11(13(18)19)8-9-5-6-12(24-25)10(7-9)17(21)22/h5-7,11H,8,25H2,1-4H3,(H,18,19)/t11-/m1/s1. The van der Waals surface area contributed by atoms with Crippen LogP contribution in [-0.4, -0.2) is 45.7 Å². The first-order valence-corrected chi connectivity index (χ1v) is 7.76. The van der Waals surface area contributed by atoms with E-state index in [0.717, 1.165) is 4.90 Å². The van der Waals surface area contributed by atoms with Crippen molar-refractivity contribution in [3.63, 3.8) is 0 Å². The van der Waals surface area contributed by atoms with Gasteiger partial charge in [-0.05, 0) is 32.4 Å². The van der Waals surface area contributed by atoms with E-state index >= 15 is 0 Å². The number of carboxylic acid groups (broad SMARTS) is 1. The Hall–Kier alpha value is -2.41. The van der Waals surface area contributed by atoms with E-state index in [9.17, 15) is 24.8 Å². The van der Waals surface area contributed by atoms with Gasteiger partial charge in [-0.2, -0.15) is 0 Å². The Bertz CT molecular complexity index is 672. The molecule has 9 nitrogen and oxygen atoms in total. The average Bonchev–Trinajstić information content (AvgIpc) is 2.49. The Morgan fingerprint density at radius 2 is 2.00 bits per heavy atom. The average molecular weight is 372 g/mol. The van der Waals surface area contributed by atoms with Crippen LogP contribution in [0.3, 0.4) is 0 Å². The van der Waals surface area contributed by atoms with Gasteiger partial charge in [-0.1, -0.05) is 6.07 Å². The van der Waals surface area contributed by atoms with Gasteiger partial charge in [-0.3, -0.25) is 15.0 Å². The number of nitro benzene ring substituents is 1. The highest BCUT2D eigenvalue weighted by Crippen LogP contribution is 2.30. The lowest BCUT2D eigenvalue weighted by Crippen LogP contribution is -2.46. The minimum Gasteiger partial charge on any atom is -0.480 e. The molecule has 0 aliphatic carbocycles. The van der Waals surface area contributed by atoms with Gasteiger partial charge in [0.05, 0.1) is 14.4 Å². The third-order valence-electron chi connectivity index (χ3n) is 3.21. The zero-order valence-corrected chi connectivity index (χ0v) is 15.5. The number of aliphatic carboxylic acids is 1. The number of nitrogens with zero attached hydrogens (tertiary/aromatic N) is 2. The number of carbonyl (C=O) groups is 2. The molecule has 138 valence electrons. The lowest BCUT2D eigenvalue weighted by atomic mass is 10.0. The maximum absolute atomic E-state index is 12.1. The topological polar surface area (TPSA) is 119 Å². The van der Waals surface area contributed by atoms with Crippen molar-refractivity contribution in [1.29, 1.82) is 0 Å². The number of carbonyl (C=O) groups excluding carboxylic acids is 1. The minimum atomic E-state index is -1.25. The number of likely N-dealkylation sites (N-methyl/N-ethyl adjacent to an activating group) is 1. The molecule has 2 atom stereocenters. The van der Waals surface area contributed by atoms with Gasteiger partial charge in [0, 0.05) is 19.5 Å². The SMILES string of the molecule is CN(C(=O)OC(C)(C)C)[C@H](Cc1ccc(OP)c([N+](=O)[O-])c1)C(=O)O. The summed E-state index contributed by atoms with van der Waals surface area (Å²) in [6.45, 7) is 5.00. The number of hydrogen-bond donors (Lipinski definition) is 1. The smallest absolute Gasteiger partial charge is 0.410 e. The lowest BCUT2D eigenvalue weighted by molar-refractivity contribution is -0.385. The highest BCUT2D eigenvalue weighted by atomic mass is 31.0. The fourth-order valence-electron chi connectivity index (χ4n) is 2.01. The summed E-state index contributed by atoms with van der Waals surface area (Å²) in [4.78, 5) is 35.0. The third-order valence-corrected chi connectivity index (χ3v) is 3.46. The zero-order valence-electron chi connectivity index (χ0n) is 14.4. The summed E-state index contributed by atoms with van der Waals surface area (Å²) < 4.78 is 9.99. The van der Waals surface area contributed by atoms with Crippen molar-refractivity contribution in [2.45, 2.75) is 38.8 Å². The van der Waals surface area contributed by atoms with Crippen LogP contribution in [0.1, 0.15) is 26.3 Å². The monoisotopic (exact) mass is 372 g/mol. The molecule has 10 heteroatoms. The maximum Gasteiger partial charge on any atom is 0.410 e. The molecule has 0 aromatic heterocycles. The first-order chi connectivity index (χ1) is 11.5. The van der Waals surface area contributed by atoms with Gasteiger partial charge in [0.15, 0.2) is 5.75 Å². The second kappa shape index (κ2) is 8.11. The van der Waals surface area contributed by atoms with E-state index in [0.29, 0.717) is 5.56 Å². The Kier molecular flexibility index (Phi) is 6.70. The number of ether oxygens (including phenoxy) is 1. The maximum atomic E-state index is 12.1. The second-order valence-corrected chi connectivity index (χ2v) is 6.56. The van der Waals surface area contributed by atoms with Crippen LogP contribution in [0.15, 0.2) is 18.2 Å². The summed E-state index contributed by atoms with van der Waals surface area (Å²) in [5.74, 6) is -1.21. The third kappa shape index (κ3) is 5.86. The molecule has 1 aromatic rings. The van der Waals surface area contributed by atoms with Crippen LogP contribution >= 0.6 is 9.47 Å². The minimum absolute atomic E-state index is 0.0334.